The van der Waals surface area contributed by atoms with Crippen molar-refractivity contribution in [2.45, 2.75) is 30.9 Å². The van der Waals surface area contributed by atoms with Crippen molar-refractivity contribution in [3.05, 3.63) is 64.7 Å². The first-order valence-electron chi connectivity index (χ1n) is 11.2. The molecule has 0 saturated carbocycles. The van der Waals surface area contributed by atoms with Gasteiger partial charge in [-0.2, -0.15) is 4.99 Å². The molecule has 0 unspecified atom stereocenters. The molecule has 35 heavy (non-hydrogen) atoms. The van der Waals surface area contributed by atoms with Crippen LogP contribution in [0, 0.1) is 0 Å². The van der Waals surface area contributed by atoms with Crippen molar-refractivity contribution in [3.63, 3.8) is 0 Å². The number of amides is 4. The SMILES string of the molecule is O=C(C[C@H]1SC(N2CCCCC2)=NC1=O)Nc1ccc(C(=O)NNC(=O)c2cccc(Cl)c2)cc1. The molecular weight excluding hydrogens is 490 g/mol. The summed E-state index contributed by atoms with van der Waals surface area (Å²) < 4.78 is 0. The Bertz CT molecular complexity index is 1160. The predicted octanol–water partition coefficient (Wildman–Crippen LogP) is 3.23. The fraction of sp³-hybridized carbons (Fsp3) is 0.292. The van der Waals surface area contributed by atoms with E-state index in [2.05, 4.69) is 26.1 Å². The quantitative estimate of drug-likeness (QED) is 0.528. The average molecular weight is 514 g/mol. The molecule has 1 saturated heterocycles. The monoisotopic (exact) mass is 513 g/mol. The van der Waals surface area contributed by atoms with E-state index in [1.165, 1.54) is 36.4 Å². The predicted molar refractivity (Wildman–Crippen MR) is 135 cm³/mol. The molecule has 0 radical (unpaired) electrons. The zero-order valence-electron chi connectivity index (χ0n) is 18.8. The standard InChI is InChI=1S/C24H24ClN5O4S/c25-17-6-4-5-16(13-17)22(33)29-28-21(32)15-7-9-18(10-8-15)26-20(31)14-19-23(34)27-24(35-19)30-11-2-1-3-12-30/h4-10,13,19H,1-3,11-12,14H2,(H,26,31)(H,28,32)(H,29,33)/t19-/m1/s1. The van der Waals surface area contributed by atoms with Crippen molar-refractivity contribution in [2.75, 3.05) is 18.4 Å². The van der Waals surface area contributed by atoms with E-state index in [0.717, 1.165) is 25.9 Å². The van der Waals surface area contributed by atoms with Crippen molar-refractivity contribution in [1.29, 1.82) is 0 Å². The summed E-state index contributed by atoms with van der Waals surface area (Å²) in [6.45, 7) is 1.78. The molecule has 0 spiro atoms. The Labute approximate surface area is 211 Å². The van der Waals surface area contributed by atoms with Gasteiger partial charge in [-0.1, -0.05) is 29.4 Å². The molecule has 0 bridgehead atoms. The van der Waals surface area contributed by atoms with E-state index < -0.39 is 17.1 Å². The summed E-state index contributed by atoms with van der Waals surface area (Å²) in [6.07, 6.45) is 3.37. The number of likely N-dealkylation sites (tertiary alicyclic amines) is 1. The summed E-state index contributed by atoms with van der Waals surface area (Å²) in [5.74, 6) is -1.61. The van der Waals surface area contributed by atoms with Gasteiger partial charge in [0.2, 0.25) is 5.91 Å². The Balaban J connectivity index is 1.24. The highest BCUT2D eigenvalue weighted by Gasteiger charge is 2.33. The van der Waals surface area contributed by atoms with Crippen LogP contribution in [-0.4, -0.2) is 52.0 Å². The third-order valence-electron chi connectivity index (χ3n) is 5.53. The van der Waals surface area contributed by atoms with Gasteiger partial charge in [-0.3, -0.25) is 30.0 Å². The molecule has 182 valence electrons. The fourth-order valence-electron chi connectivity index (χ4n) is 3.70. The Morgan fingerprint density at radius 2 is 1.66 bits per heavy atom. The van der Waals surface area contributed by atoms with Crippen LogP contribution in [0.25, 0.3) is 0 Å². The number of halogens is 1. The maximum Gasteiger partial charge on any atom is 0.269 e. The van der Waals surface area contributed by atoms with Gasteiger partial charge in [-0.05, 0) is 61.7 Å². The lowest BCUT2D eigenvalue weighted by Crippen LogP contribution is -2.41. The van der Waals surface area contributed by atoms with Crippen LogP contribution in [-0.2, 0) is 9.59 Å². The van der Waals surface area contributed by atoms with Crippen LogP contribution in [0.2, 0.25) is 5.02 Å². The van der Waals surface area contributed by atoms with Crippen molar-refractivity contribution < 1.29 is 19.2 Å². The van der Waals surface area contributed by atoms with Crippen LogP contribution in [0.15, 0.2) is 53.5 Å². The second kappa shape index (κ2) is 11.4. The number of aliphatic imine (C=N–C) groups is 1. The molecule has 2 heterocycles. The van der Waals surface area contributed by atoms with Crippen molar-refractivity contribution in [3.8, 4) is 0 Å². The smallest absolute Gasteiger partial charge is 0.269 e. The van der Waals surface area contributed by atoms with Gasteiger partial charge in [0.25, 0.3) is 17.7 Å². The van der Waals surface area contributed by atoms with Crippen LogP contribution in [0.1, 0.15) is 46.4 Å². The van der Waals surface area contributed by atoms with Crippen LogP contribution in [0.5, 0.6) is 0 Å². The third kappa shape index (κ3) is 6.61. The van der Waals surface area contributed by atoms with Gasteiger partial charge in [0, 0.05) is 41.3 Å². The van der Waals surface area contributed by atoms with Crippen LogP contribution in [0.3, 0.4) is 0 Å². The number of carbonyl (C=O) groups is 4. The molecule has 4 rings (SSSR count). The normalized spacial score (nSPS) is 17.5. The first-order valence-corrected chi connectivity index (χ1v) is 12.4. The Hall–Kier alpha value is -3.37. The maximum absolute atomic E-state index is 12.5. The van der Waals surface area contributed by atoms with E-state index in [4.69, 9.17) is 11.6 Å². The van der Waals surface area contributed by atoms with Gasteiger partial charge in [-0.15, -0.1) is 0 Å². The lowest BCUT2D eigenvalue weighted by atomic mass is 10.1. The van der Waals surface area contributed by atoms with Gasteiger partial charge in [-0.25, -0.2) is 0 Å². The van der Waals surface area contributed by atoms with Crippen LogP contribution >= 0.6 is 23.4 Å². The van der Waals surface area contributed by atoms with Gasteiger partial charge in [0.05, 0.1) is 0 Å². The molecule has 1 atom stereocenters. The highest BCUT2D eigenvalue weighted by Crippen LogP contribution is 2.29. The number of amidine groups is 1. The molecule has 0 aliphatic carbocycles. The number of nitrogens with one attached hydrogen (secondary N) is 3. The molecule has 9 nitrogen and oxygen atoms in total. The Morgan fingerprint density at radius 3 is 2.34 bits per heavy atom. The van der Waals surface area contributed by atoms with Crippen molar-refractivity contribution >= 4 is 57.8 Å². The van der Waals surface area contributed by atoms with Crippen LogP contribution in [0.4, 0.5) is 5.69 Å². The first-order chi connectivity index (χ1) is 16.9. The number of carbonyl (C=O) groups excluding carboxylic acids is 4. The average Bonchev–Trinajstić information content (AvgIpc) is 3.23. The van der Waals surface area contributed by atoms with Crippen LogP contribution < -0.4 is 16.2 Å². The lowest BCUT2D eigenvalue weighted by Gasteiger charge is -2.27. The summed E-state index contributed by atoms with van der Waals surface area (Å²) >= 11 is 7.22. The molecule has 11 heteroatoms. The fourth-order valence-corrected chi connectivity index (χ4v) is 5.01. The minimum absolute atomic E-state index is 0.0160. The van der Waals surface area contributed by atoms with E-state index >= 15 is 0 Å². The van der Waals surface area contributed by atoms with Gasteiger partial charge in [0.1, 0.15) is 5.25 Å². The Morgan fingerprint density at radius 1 is 0.971 bits per heavy atom. The zero-order valence-corrected chi connectivity index (χ0v) is 20.3. The molecule has 3 N–H and O–H groups in total. The summed E-state index contributed by atoms with van der Waals surface area (Å²) in [5, 5.41) is 3.34. The number of nitrogens with zero attached hydrogens (tertiary/aromatic N) is 2. The molecule has 1 fully saturated rings. The van der Waals surface area contributed by atoms with Gasteiger partial charge >= 0.3 is 0 Å². The minimum Gasteiger partial charge on any atom is -0.351 e. The number of thioether (sulfide) groups is 1. The number of hydrazine groups is 1. The number of piperidine rings is 1. The minimum atomic E-state index is -0.528. The summed E-state index contributed by atoms with van der Waals surface area (Å²) in [7, 11) is 0. The Kier molecular flexibility index (Phi) is 8.04. The van der Waals surface area contributed by atoms with E-state index in [1.54, 1.807) is 30.3 Å². The summed E-state index contributed by atoms with van der Waals surface area (Å²) in [6, 6.07) is 12.5. The molecule has 2 aromatic rings. The van der Waals surface area contributed by atoms with E-state index in [1.807, 2.05) is 0 Å². The highest BCUT2D eigenvalue weighted by molar-refractivity contribution is 8.15. The van der Waals surface area contributed by atoms with Crippen molar-refractivity contribution in [1.82, 2.24) is 15.8 Å². The molecule has 4 amide bonds. The van der Waals surface area contributed by atoms with Gasteiger partial charge in [0.15, 0.2) is 5.17 Å². The molecule has 2 aliphatic rings. The molecule has 0 aromatic heterocycles. The van der Waals surface area contributed by atoms with Crippen molar-refractivity contribution in [2.24, 2.45) is 4.99 Å². The number of rotatable bonds is 5. The maximum atomic E-state index is 12.5. The van der Waals surface area contributed by atoms with E-state index in [9.17, 15) is 19.2 Å². The lowest BCUT2D eigenvalue weighted by molar-refractivity contribution is -0.121. The first kappa shape index (κ1) is 24.7. The zero-order chi connectivity index (χ0) is 24.8. The second-order valence-electron chi connectivity index (χ2n) is 8.14. The van der Waals surface area contributed by atoms with Gasteiger partial charge < -0.3 is 10.2 Å². The number of benzene rings is 2. The summed E-state index contributed by atoms with van der Waals surface area (Å²) in [5.41, 5.74) is 5.75. The number of anilines is 1. The largest absolute Gasteiger partial charge is 0.351 e. The van der Waals surface area contributed by atoms with E-state index in [-0.39, 0.29) is 23.8 Å². The number of hydrogen-bond acceptors (Lipinski definition) is 6. The molecular formula is C24H24ClN5O4S. The topological polar surface area (TPSA) is 120 Å². The summed E-state index contributed by atoms with van der Waals surface area (Å²) in [4.78, 5) is 55.4. The third-order valence-corrected chi connectivity index (χ3v) is 6.98. The number of hydrogen-bond donors (Lipinski definition) is 3. The second-order valence-corrected chi connectivity index (χ2v) is 9.74. The molecule has 2 aromatic carbocycles. The molecule has 2 aliphatic heterocycles. The highest BCUT2D eigenvalue weighted by atomic mass is 35.5. The van der Waals surface area contributed by atoms with E-state index in [0.29, 0.717) is 21.4 Å².